The van der Waals surface area contributed by atoms with E-state index in [-0.39, 0.29) is 40.3 Å². The minimum absolute atomic E-state index is 0.0316. The molecule has 0 radical (unpaired) electrons. The van der Waals surface area contributed by atoms with Crippen LogP contribution in [0, 0.1) is 39.4 Å². The third kappa shape index (κ3) is 8.20. The first-order valence-corrected chi connectivity index (χ1v) is 22.9. The summed E-state index contributed by atoms with van der Waals surface area (Å²) in [6.45, 7) is 25.4. The Bertz CT molecular complexity index is 1760. The van der Waals surface area contributed by atoms with Gasteiger partial charge in [0.15, 0.2) is 0 Å². The van der Waals surface area contributed by atoms with Crippen LogP contribution in [0.5, 0.6) is 5.75 Å². The minimum Gasteiger partial charge on any atom is -0.462 e. The third-order valence-electron chi connectivity index (χ3n) is 14.8. The van der Waals surface area contributed by atoms with E-state index >= 15 is 0 Å². The molecule has 1 N–H and O–H groups in total. The highest BCUT2D eigenvalue weighted by Gasteiger charge is 2.63. The normalized spacial score (nSPS) is 31.5. The number of fused-ring (bicyclic) bond motifs is 4. The fraction of sp³-hybridized carbons (Fsp3) is 0.717. The summed E-state index contributed by atoms with van der Waals surface area (Å²) in [4.78, 5) is 39.7. The van der Waals surface area contributed by atoms with Crippen LogP contribution < -0.4 is 9.61 Å². The Labute approximate surface area is 337 Å². The standard InChI is InChI=1S/C46H70NO8P/c1-13-52-42(50)56(51,47-32(7)40(48)53-30(4)5)55-37-20-15-14-19-33(37)41(49)54-39-25-26-44(10)35-24-28-45(11)34(31(6)18-16-17-29(2)3)23-27-46(45,12)36(35)21-22-38(44)43(39,8)9/h14-15,17,19-20,30-32,34,38-39H,13,16,18,21-28H2,1-12H3,(H,47,51)/t31-,32+,34-,38+,39+,44-,45-,46+,56?/m1/s1. The molecule has 0 spiro atoms. The number of carbonyl (C=O) groups excluding carboxylic acids is 3. The third-order valence-corrected chi connectivity index (χ3v) is 16.6. The number of esters is 2. The molecular formula is C46H70NO8P. The van der Waals surface area contributed by atoms with Crippen molar-refractivity contribution in [2.75, 3.05) is 6.61 Å². The molecule has 4 aliphatic rings. The Hall–Kier alpha value is -2.90. The molecule has 9 atom stereocenters. The SMILES string of the molecule is CCOC(=O)P(=O)(N[C@@H](C)C(=O)OC(C)C)Oc1ccccc1C(=O)O[C@H]1CC[C@]2(C)C3=C(CC[C@H]2C1(C)C)[C@]1(C)CC[C@H]([C@H](C)CCC=C(C)C)[C@@]1(C)CC3. The topological polar surface area (TPSA) is 117 Å². The zero-order chi connectivity index (χ0) is 41.4. The number of hydrogen-bond acceptors (Lipinski definition) is 8. The summed E-state index contributed by atoms with van der Waals surface area (Å²) in [5.41, 5.74) is 3.96. The Kier molecular flexibility index (Phi) is 13.2. The monoisotopic (exact) mass is 795 g/mol. The molecule has 2 fully saturated rings. The maximum Gasteiger partial charge on any atom is 0.424 e. The van der Waals surface area contributed by atoms with Crippen molar-refractivity contribution >= 4 is 25.2 Å². The Balaban J connectivity index is 1.35. The van der Waals surface area contributed by atoms with Crippen LogP contribution in [-0.2, 0) is 23.6 Å². The predicted octanol–water partition coefficient (Wildman–Crippen LogP) is 12.0. The van der Waals surface area contributed by atoms with E-state index in [2.05, 4.69) is 66.6 Å². The summed E-state index contributed by atoms with van der Waals surface area (Å²) in [6.07, 6.45) is 12.8. The molecule has 9 nitrogen and oxygen atoms in total. The Morgan fingerprint density at radius 1 is 0.929 bits per heavy atom. The van der Waals surface area contributed by atoms with Gasteiger partial charge in [-0.05, 0) is 152 Å². The molecule has 5 rings (SSSR count). The van der Waals surface area contributed by atoms with Gasteiger partial charge < -0.3 is 18.7 Å². The summed E-state index contributed by atoms with van der Waals surface area (Å²) in [7, 11) is -4.54. The highest BCUT2D eigenvalue weighted by molar-refractivity contribution is 7.74. The van der Waals surface area contributed by atoms with Crippen molar-refractivity contribution < 1.29 is 37.7 Å². The fourth-order valence-corrected chi connectivity index (χ4v) is 13.3. The van der Waals surface area contributed by atoms with Crippen LogP contribution in [0.25, 0.3) is 0 Å². The number of allylic oxidation sites excluding steroid dienone is 4. The van der Waals surface area contributed by atoms with Gasteiger partial charge in [-0.3, -0.25) is 4.79 Å². The fourth-order valence-electron chi connectivity index (χ4n) is 11.7. The first kappa shape index (κ1) is 44.2. The molecule has 1 aromatic carbocycles. The van der Waals surface area contributed by atoms with Gasteiger partial charge in [0.25, 0.3) is 0 Å². The van der Waals surface area contributed by atoms with E-state index in [0.717, 1.165) is 38.0 Å². The molecule has 1 aromatic rings. The number of rotatable bonds is 14. The van der Waals surface area contributed by atoms with E-state index in [9.17, 15) is 18.9 Å². The Morgan fingerprint density at radius 2 is 1.62 bits per heavy atom. The van der Waals surface area contributed by atoms with Gasteiger partial charge in [-0.1, -0.05) is 76.5 Å². The molecule has 0 saturated heterocycles. The first-order chi connectivity index (χ1) is 26.1. The quantitative estimate of drug-likeness (QED) is 0.0850. The van der Waals surface area contributed by atoms with Crippen LogP contribution in [0.4, 0.5) is 4.79 Å². The molecular weight excluding hydrogens is 725 g/mol. The van der Waals surface area contributed by atoms with Crippen molar-refractivity contribution in [3.8, 4) is 5.75 Å². The molecule has 0 bridgehead atoms. The van der Waals surface area contributed by atoms with Gasteiger partial charge >= 0.3 is 25.2 Å². The smallest absolute Gasteiger partial charge is 0.424 e. The summed E-state index contributed by atoms with van der Waals surface area (Å²) in [5, 5.41) is 2.51. The summed E-state index contributed by atoms with van der Waals surface area (Å²) >= 11 is 0. The zero-order valence-electron chi connectivity index (χ0n) is 36.3. The molecule has 10 heteroatoms. The molecule has 312 valence electrons. The lowest BCUT2D eigenvalue weighted by molar-refractivity contribution is -0.149. The van der Waals surface area contributed by atoms with Gasteiger partial charge in [-0.25, -0.2) is 19.2 Å². The molecule has 0 aromatic heterocycles. The number of benzene rings is 1. The number of nitrogens with one attached hydrogen (secondary N) is 1. The number of para-hydroxylation sites is 1. The Morgan fingerprint density at radius 3 is 2.29 bits per heavy atom. The van der Waals surface area contributed by atoms with E-state index in [1.807, 2.05) is 0 Å². The summed E-state index contributed by atoms with van der Waals surface area (Å²) in [6, 6.07) is 5.13. The van der Waals surface area contributed by atoms with Crippen molar-refractivity contribution in [2.24, 2.45) is 39.4 Å². The maximum atomic E-state index is 14.1. The highest BCUT2D eigenvalue weighted by atomic mass is 31.2. The zero-order valence-corrected chi connectivity index (χ0v) is 37.2. The van der Waals surface area contributed by atoms with Crippen molar-refractivity contribution in [3.05, 3.63) is 52.6 Å². The summed E-state index contributed by atoms with van der Waals surface area (Å²) < 4.78 is 36.7. The van der Waals surface area contributed by atoms with E-state index in [4.69, 9.17) is 18.7 Å². The lowest BCUT2D eigenvalue weighted by Crippen LogP contribution is -2.55. The van der Waals surface area contributed by atoms with E-state index in [1.54, 1.807) is 44.1 Å². The highest BCUT2D eigenvalue weighted by Crippen LogP contribution is 2.72. The van der Waals surface area contributed by atoms with Crippen molar-refractivity contribution in [2.45, 2.75) is 166 Å². The maximum absolute atomic E-state index is 14.1. The second-order valence-corrected chi connectivity index (χ2v) is 21.0. The van der Waals surface area contributed by atoms with Crippen molar-refractivity contribution in [1.29, 1.82) is 0 Å². The average molecular weight is 796 g/mol. The van der Waals surface area contributed by atoms with E-state index < -0.39 is 37.3 Å². The number of carbonyl (C=O) groups is 3. The largest absolute Gasteiger partial charge is 0.462 e. The van der Waals surface area contributed by atoms with E-state index in [0.29, 0.717) is 17.3 Å². The summed E-state index contributed by atoms with van der Waals surface area (Å²) in [5.74, 6) is 0.357. The van der Waals surface area contributed by atoms with Crippen LogP contribution >= 0.6 is 7.52 Å². The van der Waals surface area contributed by atoms with Gasteiger partial charge in [-0.2, -0.15) is 0 Å². The van der Waals surface area contributed by atoms with Crippen LogP contribution in [0.3, 0.4) is 0 Å². The second-order valence-electron chi connectivity index (χ2n) is 19.1. The van der Waals surface area contributed by atoms with Crippen molar-refractivity contribution in [1.82, 2.24) is 5.09 Å². The van der Waals surface area contributed by atoms with Gasteiger partial charge in [0, 0.05) is 5.41 Å². The average Bonchev–Trinajstić information content (AvgIpc) is 3.40. The molecule has 0 heterocycles. The molecule has 0 aliphatic heterocycles. The van der Waals surface area contributed by atoms with E-state index in [1.165, 1.54) is 56.7 Å². The molecule has 2 saturated carbocycles. The predicted molar refractivity (Wildman–Crippen MR) is 222 cm³/mol. The van der Waals surface area contributed by atoms with Gasteiger partial charge in [0.05, 0.1) is 12.7 Å². The number of ether oxygens (including phenoxy) is 3. The van der Waals surface area contributed by atoms with Crippen LogP contribution in [0.1, 0.15) is 158 Å². The van der Waals surface area contributed by atoms with Gasteiger partial charge in [0.1, 0.15) is 23.5 Å². The van der Waals surface area contributed by atoms with Crippen LogP contribution in [-0.4, -0.2) is 42.5 Å². The minimum atomic E-state index is -4.54. The van der Waals surface area contributed by atoms with Crippen molar-refractivity contribution in [3.63, 3.8) is 0 Å². The van der Waals surface area contributed by atoms with Gasteiger partial charge in [-0.15, -0.1) is 0 Å². The lowest BCUT2D eigenvalue weighted by atomic mass is 9.43. The molecule has 56 heavy (non-hydrogen) atoms. The second kappa shape index (κ2) is 16.8. The van der Waals surface area contributed by atoms with Crippen LogP contribution in [0.15, 0.2) is 47.1 Å². The lowest BCUT2D eigenvalue weighted by Gasteiger charge is -2.62. The number of hydrogen-bond donors (Lipinski definition) is 1. The molecule has 4 aliphatic carbocycles. The van der Waals surface area contributed by atoms with Gasteiger partial charge in [0.2, 0.25) is 0 Å². The molecule has 1 unspecified atom stereocenters. The van der Waals surface area contributed by atoms with Crippen LogP contribution in [0.2, 0.25) is 0 Å². The first-order valence-electron chi connectivity index (χ1n) is 21.3. The molecule has 0 amide bonds.